The molecule has 3 amide bonds. The molecule has 0 aliphatic carbocycles. The van der Waals surface area contributed by atoms with Crippen molar-refractivity contribution in [3.05, 3.63) is 17.6 Å². The second kappa shape index (κ2) is 10.5. The van der Waals surface area contributed by atoms with Gasteiger partial charge in [-0.1, -0.05) is 5.16 Å². The molecule has 35 heavy (non-hydrogen) atoms. The molecule has 0 aromatic carbocycles. The lowest BCUT2D eigenvalue weighted by molar-refractivity contribution is -0.150. The lowest BCUT2D eigenvalue weighted by Gasteiger charge is -2.49. The fourth-order valence-electron chi connectivity index (χ4n) is 3.08. The third kappa shape index (κ3) is 6.39. The first-order valence-corrected chi connectivity index (χ1v) is 12.1. The number of anilines is 1. The number of ether oxygens (including phenoxy) is 1. The van der Waals surface area contributed by atoms with Crippen LogP contribution in [-0.4, -0.2) is 84.4 Å². The van der Waals surface area contributed by atoms with Gasteiger partial charge in [-0.2, -0.15) is 9.36 Å². The van der Waals surface area contributed by atoms with Crippen LogP contribution in [0, 0.1) is 0 Å². The standard InChI is InChI=1S/C19H25N7O7S2/c1-8-7-9(16(29)30)26-14(28)11(15(26)34-8)22-13(27)10(12-23-17(20)35-25-12)24-32-6-5-21-18(31)33-19(2,3)4/h7-8,11,15H,5-6H2,1-4H3,(H,21,31)(H,22,27)(H,29,30)(H2,20,23,25)/t8?,11?,15-/m0/s1. The van der Waals surface area contributed by atoms with E-state index in [1.54, 1.807) is 27.7 Å². The largest absolute Gasteiger partial charge is 0.477 e. The molecule has 3 heterocycles. The summed E-state index contributed by atoms with van der Waals surface area (Å²) in [5, 5.41) is 17.5. The summed E-state index contributed by atoms with van der Waals surface area (Å²) in [4.78, 5) is 58.9. The molecule has 2 aliphatic heterocycles. The minimum Gasteiger partial charge on any atom is -0.477 e. The number of nitrogens with zero attached hydrogens (tertiary/aromatic N) is 4. The summed E-state index contributed by atoms with van der Waals surface area (Å²) in [5.74, 6) is -2.70. The number of carbonyl (C=O) groups is 4. The van der Waals surface area contributed by atoms with E-state index in [1.165, 1.54) is 17.8 Å². The SMILES string of the molecule is CC1C=C(C(=O)O)N2C(=O)C(NC(=O)C(=NOCCNC(=O)OC(C)(C)C)c3nsc(N)n3)[C@@H]2S1. The Morgan fingerprint density at radius 1 is 1.34 bits per heavy atom. The van der Waals surface area contributed by atoms with Gasteiger partial charge in [0.15, 0.2) is 5.13 Å². The van der Waals surface area contributed by atoms with Gasteiger partial charge in [-0.05, 0) is 33.8 Å². The summed E-state index contributed by atoms with van der Waals surface area (Å²) in [6.07, 6.45) is 0.840. The predicted molar refractivity (Wildman–Crippen MR) is 126 cm³/mol. The molecule has 1 saturated heterocycles. The van der Waals surface area contributed by atoms with Crippen molar-refractivity contribution in [2.45, 2.75) is 50.0 Å². The number of carboxylic acids is 1. The lowest BCUT2D eigenvalue weighted by Crippen LogP contribution is -2.71. The van der Waals surface area contributed by atoms with Gasteiger partial charge in [0, 0.05) is 16.8 Å². The molecule has 1 aromatic rings. The molecule has 0 bridgehead atoms. The fraction of sp³-hybridized carbons (Fsp3) is 0.526. The monoisotopic (exact) mass is 527 g/mol. The number of β-lactam (4-membered cyclic amide) rings is 1. The smallest absolute Gasteiger partial charge is 0.407 e. The topological polar surface area (TPSA) is 198 Å². The maximum absolute atomic E-state index is 13.0. The quantitative estimate of drug-likeness (QED) is 0.155. The number of hydrogen-bond donors (Lipinski definition) is 4. The zero-order chi connectivity index (χ0) is 25.9. The van der Waals surface area contributed by atoms with E-state index in [2.05, 4.69) is 25.1 Å². The Balaban J connectivity index is 1.65. The third-order valence-corrected chi connectivity index (χ3v) is 6.31. The van der Waals surface area contributed by atoms with Crippen molar-refractivity contribution in [2.75, 3.05) is 18.9 Å². The molecule has 14 nitrogen and oxygen atoms in total. The summed E-state index contributed by atoms with van der Waals surface area (Å²) >= 11 is 2.17. The fourth-order valence-corrected chi connectivity index (χ4v) is 4.84. The molecule has 2 unspecified atom stereocenters. The van der Waals surface area contributed by atoms with E-state index in [0.717, 1.165) is 16.4 Å². The van der Waals surface area contributed by atoms with Crippen molar-refractivity contribution in [2.24, 2.45) is 5.16 Å². The Kier molecular flexibility index (Phi) is 7.84. The van der Waals surface area contributed by atoms with E-state index >= 15 is 0 Å². The van der Waals surface area contributed by atoms with Crippen LogP contribution in [0.15, 0.2) is 16.9 Å². The van der Waals surface area contributed by atoms with E-state index in [1.807, 2.05) is 0 Å². The Labute approximate surface area is 208 Å². The third-order valence-electron chi connectivity index (χ3n) is 4.44. The van der Waals surface area contributed by atoms with E-state index in [-0.39, 0.29) is 40.8 Å². The number of hydrogen-bond acceptors (Lipinski definition) is 12. The van der Waals surface area contributed by atoms with Crippen LogP contribution < -0.4 is 16.4 Å². The maximum Gasteiger partial charge on any atom is 0.407 e. The van der Waals surface area contributed by atoms with Crippen molar-refractivity contribution in [1.82, 2.24) is 24.9 Å². The predicted octanol–water partition coefficient (Wildman–Crippen LogP) is 0.123. The van der Waals surface area contributed by atoms with Gasteiger partial charge in [-0.25, -0.2) is 9.59 Å². The van der Waals surface area contributed by atoms with Crippen molar-refractivity contribution >= 4 is 58.0 Å². The number of alkyl carbamates (subject to hydrolysis) is 1. The van der Waals surface area contributed by atoms with Gasteiger partial charge < -0.3 is 31.0 Å². The number of oxime groups is 1. The average Bonchev–Trinajstić information content (AvgIpc) is 3.18. The molecule has 0 saturated carbocycles. The molecule has 16 heteroatoms. The van der Waals surface area contributed by atoms with Crippen molar-refractivity contribution in [3.8, 4) is 0 Å². The van der Waals surface area contributed by atoms with Gasteiger partial charge in [-0.15, -0.1) is 11.8 Å². The zero-order valence-electron chi connectivity index (χ0n) is 19.3. The number of fused-ring (bicyclic) bond motifs is 1. The lowest BCUT2D eigenvalue weighted by atomic mass is 10.0. The number of nitrogens with two attached hydrogens (primary N) is 1. The molecule has 0 radical (unpaired) electrons. The van der Waals surface area contributed by atoms with Crippen molar-refractivity contribution in [1.29, 1.82) is 0 Å². The highest BCUT2D eigenvalue weighted by Gasteiger charge is 2.54. The van der Waals surface area contributed by atoms with Crippen molar-refractivity contribution < 1.29 is 33.9 Å². The summed E-state index contributed by atoms with van der Waals surface area (Å²) in [6, 6.07) is -0.979. The minimum atomic E-state index is -1.22. The van der Waals surface area contributed by atoms with Crippen LogP contribution in [0.1, 0.15) is 33.5 Å². The number of carbonyl (C=O) groups excluding carboxylic acids is 3. The Morgan fingerprint density at radius 3 is 2.66 bits per heavy atom. The molecule has 3 atom stereocenters. The molecule has 0 spiro atoms. The van der Waals surface area contributed by atoms with Crippen LogP contribution in [0.3, 0.4) is 0 Å². The highest BCUT2D eigenvalue weighted by atomic mass is 32.2. The van der Waals surface area contributed by atoms with E-state index in [0.29, 0.717) is 0 Å². The minimum absolute atomic E-state index is 0.0386. The number of thioether (sulfide) groups is 1. The molecule has 1 aromatic heterocycles. The summed E-state index contributed by atoms with van der Waals surface area (Å²) in [5.41, 5.74) is 4.50. The summed E-state index contributed by atoms with van der Waals surface area (Å²) < 4.78 is 9.07. The number of nitrogen functional groups attached to an aromatic ring is 1. The Bertz CT molecular complexity index is 1080. The van der Waals surface area contributed by atoms with Crippen LogP contribution in [0.2, 0.25) is 0 Å². The summed E-state index contributed by atoms with van der Waals surface area (Å²) in [6.45, 7) is 6.90. The zero-order valence-corrected chi connectivity index (χ0v) is 20.9. The average molecular weight is 528 g/mol. The van der Waals surface area contributed by atoms with Gasteiger partial charge in [-0.3, -0.25) is 14.5 Å². The number of carboxylic acid groups (broad SMARTS) is 1. The highest BCUT2D eigenvalue weighted by molar-refractivity contribution is 8.00. The Morgan fingerprint density at radius 2 is 2.06 bits per heavy atom. The second-order valence-corrected chi connectivity index (χ2v) is 10.7. The van der Waals surface area contributed by atoms with E-state index < -0.39 is 40.9 Å². The number of nitrogens with one attached hydrogen (secondary N) is 2. The molecular weight excluding hydrogens is 502 g/mol. The number of aliphatic carboxylic acids is 1. The van der Waals surface area contributed by atoms with Crippen LogP contribution >= 0.6 is 23.3 Å². The Hall–Kier alpha value is -3.40. The molecule has 190 valence electrons. The first kappa shape index (κ1) is 26.2. The second-order valence-electron chi connectivity index (χ2n) is 8.41. The molecule has 5 N–H and O–H groups in total. The van der Waals surface area contributed by atoms with Gasteiger partial charge in [0.1, 0.15) is 29.3 Å². The number of aromatic nitrogens is 2. The highest BCUT2D eigenvalue weighted by Crippen LogP contribution is 2.40. The van der Waals surface area contributed by atoms with Crippen LogP contribution in [0.4, 0.5) is 9.93 Å². The normalized spacial score (nSPS) is 21.9. The maximum atomic E-state index is 13.0. The van der Waals surface area contributed by atoms with Crippen LogP contribution in [0.5, 0.6) is 0 Å². The number of amides is 3. The van der Waals surface area contributed by atoms with E-state index in [4.69, 9.17) is 15.3 Å². The summed E-state index contributed by atoms with van der Waals surface area (Å²) in [7, 11) is 0. The van der Waals surface area contributed by atoms with Gasteiger partial charge in [0.05, 0.1) is 6.54 Å². The van der Waals surface area contributed by atoms with E-state index in [9.17, 15) is 24.3 Å². The molecule has 2 aliphatic rings. The van der Waals surface area contributed by atoms with Gasteiger partial charge in [0.2, 0.25) is 11.5 Å². The molecule has 3 rings (SSSR count). The molecular formula is C19H25N7O7S2. The number of rotatable bonds is 8. The van der Waals surface area contributed by atoms with Crippen LogP contribution in [-0.2, 0) is 24.0 Å². The van der Waals surface area contributed by atoms with Gasteiger partial charge in [0.25, 0.3) is 11.8 Å². The van der Waals surface area contributed by atoms with Crippen LogP contribution in [0.25, 0.3) is 0 Å². The van der Waals surface area contributed by atoms with Gasteiger partial charge >= 0.3 is 12.1 Å². The first-order chi connectivity index (χ1) is 16.4. The molecule has 1 fully saturated rings. The first-order valence-electron chi connectivity index (χ1n) is 10.4. The van der Waals surface area contributed by atoms with Crippen molar-refractivity contribution in [3.63, 3.8) is 0 Å².